The Bertz CT molecular complexity index is 323. The maximum atomic E-state index is 5.76. The number of benzene rings is 1. The van der Waals surface area contributed by atoms with Crippen molar-refractivity contribution >= 4 is 5.69 Å². The van der Waals surface area contributed by atoms with Crippen molar-refractivity contribution in [3.05, 3.63) is 43.0 Å². The van der Waals surface area contributed by atoms with E-state index in [0.717, 1.165) is 6.42 Å². The Kier molecular flexibility index (Phi) is 4.00. The van der Waals surface area contributed by atoms with Gasteiger partial charge in [0.05, 0.1) is 18.8 Å². The predicted octanol–water partition coefficient (Wildman–Crippen LogP) is 3.22. The number of hydrogen-bond acceptors (Lipinski definition) is 2. The van der Waals surface area contributed by atoms with Gasteiger partial charge in [0.15, 0.2) is 0 Å². The molecule has 1 aromatic rings. The van der Waals surface area contributed by atoms with Gasteiger partial charge in [-0.1, -0.05) is 24.3 Å². The third-order valence-electron chi connectivity index (χ3n) is 3.01. The van der Waals surface area contributed by atoms with Crippen LogP contribution in [0.4, 0.5) is 5.69 Å². The van der Waals surface area contributed by atoms with Crippen LogP contribution in [0.15, 0.2) is 43.0 Å². The largest absolute Gasteiger partial charge is 0.380 e. The fourth-order valence-electron chi connectivity index (χ4n) is 2.23. The molecule has 1 fully saturated rings. The van der Waals surface area contributed by atoms with Crippen molar-refractivity contribution in [2.75, 3.05) is 11.9 Å². The molecule has 1 aromatic carbocycles. The zero-order valence-electron chi connectivity index (χ0n) is 9.56. The molecule has 0 unspecified atom stereocenters. The third-order valence-corrected chi connectivity index (χ3v) is 3.01. The monoisotopic (exact) mass is 217 g/mol. The minimum Gasteiger partial charge on any atom is -0.380 e. The van der Waals surface area contributed by atoms with Gasteiger partial charge in [0.1, 0.15) is 0 Å². The van der Waals surface area contributed by atoms with Crippen molar-refractivity contribution in [3.8, 4) is 0 Å². The molecule has 1 aliphatic rings. The lowest BCUT2D eigenvalue weighted by Gasteiger charge is -2.21. The maximum absolute atomic E-state index is 5.76. The van der Waals surface area contributed by atoms with Crippen LogP contribution in [0, 0.1) is 0 Å². The average molecular weight is 217 g/mol. The highest BCUT2D eigenvalue weighted by atomic mass is 16.5. The van der Waals surface area contributed by atoms with E-state index in [2.05, 4.69) is 36.2 Å². The highest BCUT2D eigenvalue weighted by molar-refractivity contribution is 5.43. The van der Waals surface area contributed by atoms with Gasteiger partial charge in [-0.2, -0.15) is 0 Å². The molecule has 86 valence electrons. The van der Waals surface area contributed by atoms with E-state index in [0.29, 0.717) is 18.8 Å². The van der Waals surface area contributed by atoms with Crippen LogP contribution in [0.5, 0.6) is 0 Å². The topological polar surface area (TPSA) is 21.3 Å². The van der Waals surface area contributed by atoms with Crippen molar-refractivity contribution in [2.24, 2.45) is 0 Å². The Labute approximate surface area is 97.3 Å². The van der Waals surface area contributed by atoms with Crippen LogP contribution in [0.2, 0.25) is 0 Å². The number of nitrogens with one attached hydrogen (secondary N) is 1. The third kappa shape index (κ3) is 2.86. The van der Waals surface area contributed by atoms with Crippen molar-refractivity contribution in [2.45, 2.75) is 31.4 Å². The van der Waals surface area contributed by atoms with Crippen LogP contribution in [0.1, 0.15) is 19.3 Å². The molecule has 2 atom stereocenters. The molecule has 0 bridgehead atoms. The van der Waals surface area contributed by atoms with Gasteiger partial charge in [-0.3, -0.25) is 0 Å². The Morgan fingerprint density at radius 2 is 2.12 bits per heavy atom. The van der Waals surface area contributed by atoms with Crippen molar-refractivity contribution < 1.29 is 4.74 Å². The SMILES string of the molecule is C=CCO[C@H]1CCC[C@@H]1Nc1ccccc1. The van der Waals surface area contributed by atoms with Gasteiger partial charge < -0.3 is 10.1 Å². The molecule has 1 N–H and O–H groups in total. The number of rotatable bonds is 5. The molecule has 0 saturated heterocycles. The first-order valence-electron chi connectivity index (χ1n) is 5.94. The summed E-state index contributed by atoms with van der Waals surface area (Å²) < 4.78 is 5.76. The first-order valence-corrected chi connectivity index (χ1v) is 5.94. The molecule has 0 radical (unpaired) electrons. The minimum absolute atomic E-state index is 0.332. The zero-order valence-corrected chi connectivity index (χ0v) is 9.56. The fraction of sp³-hybridized carbons (Fsp3) is 0.429. The van der Waals surface area contributed by atoms with E-state index in [1.165, 1.54) is 18.5 Å². The molecule has 2 rings (SSSR count). The lowest BCUT2D eigenvalue weighted by atomic mass is 10.2. The summed E-state index contributed by atoms with van der Waals surface area (Å²) in [5.74, 6) is 0. The summed E-state index contributed by atoms with van der Waals surface area (Å²) in [6.45, 7) is 4.34. The second kappa shape index (κ2) is 5.71. The van der Waals surface area contributed by atoms with Crippen LogP contribution in [0.25, 0.3) is 0 Å². The quantitative estimate of drug-likeness (QED) is 0.765. The highest BCUT2D eigenvalue weighted by Gasteiger charge is 2.27. The van der Waals surface area contributed by atoms with Crippen molar-refractivity contribution in [1.82, 2.24) is 0 Å². The Balaban J connectivity index is 1.90. The Morgan fingerprint density at radius 3 is 2.88 bits per heavy atom. The minimum atomic E-state index is 0.332. The number of para-hydroxylation sites is 1. The van der Waals surface area contributed by atoms with Crippen LogP contribution in [-0.2, 0) is 4.74 Å². The average Bonchev–Trinajstić information content (AvgIpc) is 2.75. The van der Waals surface area contributed by atoms with Gasteiger partial charge in [0.2, 0.25) is 0 Å². The summed E-state index contributed by atoms with van der Waals surface area (Å²) in [5, 5.41) is 3.54. The molecule has 0 aromatic heterocycles. The summed E-state index contributed by atoms with van der Waals surface area (Å²) in [7, 11) is 0. The summed E-state index contributed by atoms with van der Waals surface area (Å²) in [6.07, 6.45) is 5.73. The highest BCUT2D eigenvalue weighted by Crippen LogP contribution is 2.25. The van der Waals surface area contributed by atoms with Crippen molar-refractivity contribution in [1.29, 1.82) is 0 Å². The summed E-state index contributed by atoms with van der Waals surface area (Å²) in [6, 6.07) is 10.8. The zero-order chi connectivity index (χ0) is 11.2. The standard InChI is InChI=1S/C14H19NO/c1-2-11-16-14-10-6-9-13(14)15-12-7-4-3-5-8-12/h2-5,7-8,13-15H,1,6,9-11H2/t13-,14-/m0/s1. The molecular formula is C14H19NO. The van der Waals surface area contributed by atoms with E-state index in [-0.39, 0.29) is 0 Å². The van der Waals surface area contributed by atoms with E-state index in [4.69, 9.17) is 4.74 Å². The first-order chi connectivity index (χ1) is 7.90. The normalized spacial score (nSPS) is 24.2. The summed E-state index contributed by atoms with van der Waals surface area (Å²) in [4.78, 5) is 0. The Hall–Kier alpha value is -1.28. The second-order valence-electron chi connectivity index (χ2n) is 4.21. The molecule has 2 heteroatoms. The predicted molar refractivity (Wildman–Crippen MR) is 67.6 cm³/mol. The van der Waals surface area contributed by atoms with Crippen LogP contribution in [0.3, 0.4) is 0 Å². The molecule has 1 saturated carbocycles. The van der Waals surface area contributed by atoms with Gasteiger partial charge in [-0.25, -0.2) is 0 Å². The van der Waals surface area contributed by atoms with Gasteiger partial charge >= 0.3 is 0 Å². The molecule has 0 aliphatic heterocycles. The molecule has 0 spiro atoms. The Morgan fingerprint density at radius 1 is 1.31 bits per heavy atom. The van der Waals surface area contributed by atoms with Gasteiger partial charge in [-0.05, 0) is 31.4 Å². The lowest BCUT2D eigenvalue weighted by molar-refractivity contribution is 0.0729. The van der Waals surface area contributed by atoms with Crippen LogP contribution >= 0.6 is 0 Å². The molecule has 2 nitrogen and oxygen atoms in total. The lowest BCUT2D eigenvalue weighted by Crippen LogP contribution is -2.30. The summed E-state index contributed by atoms with van der Waals surface area (Å²) in [5.41, 5.74) is 1.18. The molecule has 0 heterocycles. The van der Waals surface area contributed by atoms with Gasteiger partial charge in [0, 0.05) is 5.69 Å². The number of ether oxygens (including phenoxy) is 1. The van der Waals surface area contributed by atoms with E-state index >= 15 is 0 Å². The molecular weight excluding hydrogens is 198 g/mol. The fourth-order valence-corrected chi connectivity index (χ4v) is 2.23. The number of anilines is 1. The van der Waals surface area contributed by atoms with E-state index < -0.39 is 0 Å². The van der Waals surface area contributed by atoms with E-state index in [9.17, 15) is 0 Å². The molecule has 16 heavy (non-hydrogen) atoms. The summed E-state index contributed by atoms with van der Waals surface area (Å²) >= 11 is 0. The molecule has 0 amide bonds. The molecule has 1 aliphatic carbocycles. The van der Waals surface area contributed by atoms with Crippen LogP contribution in [-0.4, -0.2) is 18.8 Å². The van der Waals surface area contributed by atoms with E-state index in [1.54, 1.807) is 0 Å². The van der Waals surface area contributed by atoms with Gasteiger partial charge in [0.25, 0.3) is 0 Å². The maximum Gasteiger partial charge on any atom is 0.0780 e. The second-order valence-corrected chi connectivity index (χ2v) is 4.21. The smallest absolute Gasteiger partial charge is 0.0780 e. The first kappa shape index (κ1) is 11.2. The number of hydrogen-bond donors (Lipinski definition) is 1. The van der Waals surface area contributed by atoms with Gasteiger partial charge in [-0.15, -0.1) is 6.58 Å². The van der Waals surface area contributed by atoms with E-state index in [1.807, 2.05) is 12.1 Å². The van der Waals surface area contributed by atoms with Crippen LogP contribution < -0.4 is 5.32 Å². The van der Waals surface area contributed by atoms with Crippen molar-refractivity contribution in [3.63, 3.8) is 0 Å².